The Labute approximate surface area is 108 Å². The fourth-order valence-electron chi connectivity index (χ4n) is 2.50. The predicted molar refractivity (Wildman–Crippen MR) is 69.9 cm³/mol. The maximum atomic E-state index is 11.4. The van der Waals surface area contributed by atoms with Gasteiger partial charge in [-0.2, -0.15) is 0 Å². The second-order valence-corrected chi connectivity index (χ2v) is 5.33. The molecule has 0 radical (unpaired) electrons. The van der Waals surface area contributed by atoms with Gasteiger partial charge in [0.05, 0.1) is 0 Å². The van der Waals surface area contributed by atoms with Crippen LogP contribution in [0.25, 0.3) is 0 Å². The molecule has 0 aliphatic heterocycles. The Kier molecular flexibility index (Phi) is 3.60. The average molecular weight is 248 g/mol. The van der Waals surface area contributed by atoms with E-state index in [1.54, 1.807) is 0 Å². The van der Waals surface area contributed by atoms with Gasteiger partial charge in [-0.25, -0.2) is 0 Å². The Morgan fingerprint density at radius 1 is 1.28 bits per heavy atom. The van der Waals surface area contributed by atoms with Crippen LogP contribution in [0.2, 0.25) is 0 Å². The smallest absolute Gasteiger partial charge is 0.313 e. The van der Waals surface area contributed by atoms with Crippen molar-refractivity contribution in [2.75, 3.05) is 6.61 Å². The van der Waals surface area contributed by atoms with E-state index in [1.807, 2.05) is 25.1 Å². The first-order valence-corrected chi connectivity index (χ1v) is 6.47. The Bertz CT molecular complexity index is 445. The van der Waals surface area contributed by atoms with E-state index in [2.05, 4.69) is 6.92 Å². The van der Waals surface area contributed by atoms with Gasteiger partial charge in [-0.15, -0.1) is 0 Å². The highest BCUT2D eigenvalue weighted by molar-refractivity contribution is 5.75. The van der Waals surface area contributed by atoms with Crippen LogP contribution in [0.1, 0.15) is 36.8 Å². The summed E-state index contributed by atoms with van der Waals surface area (Å²) in [5.74, 6) is 0.0504. The largest absolute Gasteiger partial charge is 0.492 e. The summed E-state index contributed by atoms with van der Waals surface area (Å²) in [7, 11) is 0. The number of carboxylic acids is 1. The second-order valence-electron chi connectivity index (χ2n) is 5.33. The molecule has 0 amide bonds. The first-order valence-electron chi connectivity index (χ1n) is 6.47. The molecule has 3 nitrogen and oxygen atoms in total. The van der Waals surface area contributed by atoms with Gasteiger partial charge in [-0.1, -0.05) is 18.9 Å². The standard InChI is InChI=1S/C15H20O3/c1-11-5-6-13(9-12(11)2)18-10-15(14(16)17)7-3-4-8-15/h5-6,9H,3-4,7-8,10H2,1-2H3,(H,16,17). The maximum absolute atomic E-state index is 11.4. The highest BCUT2D eigenvalue weighted by atomic mass is 16.5. The number of aliphatic carboxylic acids is 1. The third-order valence-corrected chi connectivity index (χ3v) is 4.01. The molecule has 1 saturated carbocycles. The van der Waals surface area contributed by atoms with Gasteiger partial charge in [0.2, 0.25) is 0 Å². The van der Waals surface area contributed by atoms with Crippen molar-refractivity contribution in [2.45, 2.75) is 39.5 Å². The van der Waals surface area contributed by atoms with Crippen molar-refractivity contribution in [1.82, 2.24) is 0 Å². The van der Waals surface area contributed by atoms with Gasteiger partial charge in [0.15, 0.2) is 0 Å². The van der Waals surface area contributed by atoms with Crippen molar-refractivity contribution in [2.24, 2.45) is 5.41 Å². The molecule has 1 N–H and O–H groups in total. The lowest BCUT2D eigenvalue weighted by atomic mass is 9.87. The lowest BCUT2D eigenvalue weighted by Gasteiger charge is -2.24. The highest BCUT2D eigenvalue weighted by Gasteiger charge is 2.42. The van der Waals surface area contributed by atoms with Gasteiger partial charge in [-0.3, -0.25) is 4.79 Å². The highest BCUT2D eigenvalue weighted by Crippen LogP contribution is 2.38. The van der Waals surface area contributed by atoms with Crippen molar-refractivity contribution in [1.29, 1.82) is 0 Å². The molecule has 18 heavy (non-hydrogen) atoms. The molecular weight excluding hydrogens is 228 g/mol. The molecule has 1 aliphatic rings. The number of carboxylic acid groups (broad SMARTS) is 1. The number of hydrogen-bond donors (Lipinski definition) is 1. The molecule has 0 aromatic heterocycles. The van der Waals surface area contributed by atoms with Gasteiger partial charge in [0.25, 0.3) is 0 Å². The molecular formula is C15H20O3. The van der Waals surface area contributed by atoms with Gasteiger partial charge in [0, 0.05) is 0 Å². The number of benzene rings is 1. The van der Waals surface area contributed by atoms with Crippen LogP contribution < -0.4 is 4.74 Å². The third kappa shape index (κ3) is 2.50. The van der Waals surface area contributed by atoms with E-state index < -0.39 is 11.4 Å². The van der Waals surface area contributed by atoms with Crippen LogP contribution >= 0.6 is 0 Å². The lowest BCUT2D eigenvalue weighted by Crippen LogP contribution is -2.34. The van der Waals surface area contributed by atoms with Crippen LogP contribution in [-0.2, 0) is 4.79 Å². The second kappa shape index (κ2) is 5.01. The van der Waals surface area contributed by atoms with E-state index in [1.165, 1.54) is 11.1 Å². The third-order valence-electron chi connectivity index (χ3n) is 4.01. The Morgan fingerprint density at radius 2 is 1.94 bits per heavy atom. The van der Waals surface area contributed by atoms with Gasteiger partial charge < -0.3 is 9.84 Å². The lowest BCUT2D eigenvalue weighted by molar-refractivity contribution is -0.150. The van der Waals surface area contributed by atoms with E-state index >= 15 is 0 Å². The van der Waals surface area contributed by atoms with E-state index in [4.69, 9.17) is 4.74 Å². The van der Waals surface area contributed by atoms with Crippen LogP contribution in [0.15, 0.2) is 18.2 Å². The molecule has 1 aromatic carbocycles. The molecule has 0 saturated heterocycles. The van der Waals surface area contributed by atoms with Gasteiger partial charge >= 0.3 is 5.97 Å². The van der Waals surface area contributed by atoms with E-state index in [-0.39, 0.29) is 6.61 Å². The Hall–Kier alpha value is -1.51. The van der Waals surface area contributed by atoms with Crippen molar-refractivity contribution < 1.29 is 14.6 Å². The van der Waals surface area contributed by atoms with Crippen LogP contribution in [0.3, 0.4) is 0 Å². The maximum Gasteiger partial charge on any atom is 0.313 e. The van der Waals surface area contributed by atoms with Crippen LogP contribution in [0.4, 0.5) is 0 Å². The molecule has 0 spiro atoms. The summed E-state index contributed by atoms with van der Waals surface area (Å²) in [6, 6.07) is 5.89. The number of carbonyl (C=O) groups is 1. The minimum Gasteiger partial charge on any atom is -0.492 e. The molecule has 3 heteroatoms. The van der Waals surface area contributed by atoms with E-state index in [0.29, 0.717) is 0 Å². The summed E-state index contributed by atoms with van der Waals surface area (Å²) in [6.07, 6.45) is 3.44. The number of aryl methyl sites for hydroxylation is 2. The SMILES string of the molecule is Cc1ccc(OCC2(C(=O)O)CCCC2)cc1C. The van der Waals surface area contributed by atoms with Crippen molar-refractivity contribution >= 4 is 5.97 Å². The number of hydrogen-bond acceptors (Lipinski definition) is 2. The summed E-state index contributed by atoms with van der Waals surface area (Å²) in [5, 5.41) is 9.36. The summed E-state index contributed by atoms with van der Waals surface area (Å²) in [5.41, 5.74) is 1.72. The summed E-state index contributed by atoms with van der Waals surface area (Å²) in [6.45, 7) is 4.37. The van der Waals surface area contributed by atoms with Gasteiger partial charge in [-0.05, 0) is 49.9 Å². The van der Waals surface area contributed by atoms with Crippen LogP contribution in [-0.4, -0.2) is 17.7 Å². The molecule has 1 aromatic rings. The number of ether oxygens (including phenoxy) is 1. The van der Waals surface area contributed by atoms with Gasteiger partial charge in [0.1, 0.15) is 17.8 Å². The van der Waals surface area contributed by atoms with Crippen molar-refractivity contribution in [3.8, 4) is 5.75 Å². The normalized spacial score (nSPS) is 17.7. The zero-order valence-corrected chi connectivity index (χ0v) is 11.0. The van der Waals surface area contributed by atoms with E-state index in [9.17, 15) is 9.90 Å². The van der Waals surface area contributed by atoms with Crippen LogP contribution in [0.5, 0.6) is 5.75 Å². The molecule has 98 valence electrons. The Balaban J connectivity index is 2.05. The quantitative estimate of drug-likeness (QED) is 0.889. The molecule has 0 heterocycles. The summed E-state index contributed by atoms with van der Waals surface area (Å²) in [4.78, 5) is 11.4. The minimum atomic E-state index is -0.719. The zero-order chi connectivity index (χ0) is 13.2. The first-order chi connectivity index (χ1) is 8.53. The van der Waals surface area contributed by atoms with Crippen LogP contribution in [0, 0.1) is 19.3 Å². The topological polar surface area (TPSA) is 46.5 Å². The molecule has 0 atom stereocenters. The van der Waals surface area contributed by atoms with Crippen molar-refractivity contribution in [3.05, 3.63) is 29.3 Å². The Morgan fingerprint density at radius 3 is 2.50 bits per heavy atom. The average Bonchev–Trinajstić information content (AvgIpc) is 2.81. The minimum absolute atomic E-state index is 0.283. The molecule has 1 fully saturated rings. The summed E-state index contributed by atoms with van der Waals surface area (Å²) >= 11 is 0. The first kappa shape index (κ1) is 12.9. The molecule has 2 rings (SSSR count). The van der Waals surface area contributed by atoms with E-state index in [0.717, 1.165) is 31.4 Å². The number of rotatable bonds is 4. The summed E-state index contributed by atoms with van der Waals surface area (Å²) < 4.78 is 5.71. The zero-order valence-electron chi connectivity index (χ0n) is 11.0. The fourth-order valence-corrected chi connectivity index (χ4v) is 2.50. The molecule has 0 bridgehead atoms. The monoisotopic (exact) mass is 248 g/mol. The molecule has 0 unspecified atom stereocenters. The fraction of sp³-hybridized carbons (Fsp3) is 0.533. The molecule has 1 aliphatic carbocycles. The van der Waals surface area contributed by atoms with Crippen molar-refractivity contribution in [3.63, 3.8) is 0 Å². The predicted octanol–water partition coefficient (Wildman–Crippen LogP) is 3.33.